The van der Waals surface area contributed by atoms with Gasteiger partial charge in [0.05, 0.1) is 19.8 Å². The average Bonchev–Trinajstić information content (AvgIpc) is 2.04. The van der Waals surface area contributed by atoms with Crippen molar-refractivity contribution in [1.82, 2.24) is 4.90 Å². The van der Waals surface area contributed by atoms with Gasteiger partial charge in [0, 0.05) is 12.6 Å². The highest BCUT2D eigenvalue weighted by Crippen LogP contribution is 1.97. The summed E-state index contributed by atoms with van der Waals surface area (Å²) in [7, 11) is 0. The molecule has 0 atom stereocenters. The number of aliphatic hydroxyl groups excluding tert-OH is 1. The van der Waals surface area contributed by atoms with E-state index in [4.69, 9.17) is 9.84 Å². The molecule has 0 spiro atoms. The number of carbonyl (C=O) groups excluding carboxylic acids is 1. The second-order valence-electron chi connectivity index (χ2n) is 3.09. The fourth-order valence-corrected chi connectivity index (χ4v) is 1.02. The van der Waals surface area contributed by atoms with Crippen LogP contribution in [0.2, 0.25) is 0 Å². The van der Waals surface area contributed by atoms with Gasteiger partial charge in [-0.15, -0.1) is 0 Å². The molecule has 0 aliphatic heterocycles. The zero-order valence-electron chi connectivity index (χ0n) is 8.62. The SMILES string of the molecule is CCOC(=O)CN(CCO)C(C)C. The molecule has 0 bridgehead atoms. The van der Waals surface area contributed by atoms with Gasteiger partial charge in [-0.3, -0.25) is 9.69 Å². The molecule has 4 nitrogen and oxygen atoms in total. The minimum absolute atomic E-state index is 0.0670. The van der Waals surface area contributed by atoms with Crippen molar-refractivity contribution in [2.24, 2.45) is 0 Å². The second-order valence-corrected chi connectivity index (χ2v) is 3.09. The van der Waals surface area contributed by atoms with E-state index in [1.807, 2.05) is 18.7 Å². The van der Waals surface area contributed by atoms with E-state index in [1.54, 1.807) is 6.92 Å². The molecule has 0 heterocycles. The van der Waals surface area contributed by atoms with E-state index in [-0.39, 0.29) is 25.2 Å². The summed E-state index contributed by atoms with van der Waals surface area (Å²) in [6.45, 7) is 6.98. The Morgan fingerprint density at radius 1 is 1.54 bits per heavy atom. The van der Waals surface area contributed by atoms with Crippen molar-refractivity contribution in [3.8, 4) is 0 Å². The van der Waals surface area contributed by atoms with Crippen LogP contribution in [0.1, 0.15) is 20.8 Å². The van der Waals surface area contributed by atoms with Gasteiger partial charge in [-0.2, -0.15) is 0 Å². The molecule has 0 radical (unpaired) electrons. The summed E-state index contributed by atoms with van der Waals surface area (Å²) >= 11 is 0. The van der Waals surface area contributed by atoms with Crippen LogP contribution in [0.25, 0.3) is 0 Å². The Morgan fingerprint density at radius 3 is 2.54 bits per heavy atom. The van der Waals surface area contributed by atoms with Gasteiger partial charge in [0.2, 0.25) is 0 Å². The molecule has 78 valence electrons. The lowest BCUT2D eigenvalue weighted by Gasteiger charge is -2.23. The summed E-state index contributed by atoms with van der Waals surface area (Å²) in [5.74, 6) is -0.232. The van der Waals surface area contributed by atoms with Gasteiger partial charge in [0.1, 0.15) is 0 Å². The Morgan fingerprint density at radius 2 is 2.15 bits per heavy atom. The first-order chi connectivity index (χ1) is 6.11. The third-order valence-electron chi connectivity index (χ3n) is 1.76. The van der Waals surface area contributed by atoms with E-state index in [9.17, 15) is 4.79 Å². The van der Waals surface area contributed by atoms with E-state index in [0.717, 1.165) is 0 Å². The highest BCUT2D eigenvalue weighted by molar-refractivity contribution is 5.71. The van der Waals surface area contributed by atoms with Crippen LogP contribution in [0.4, 0.5) is 0 Å². The minimum Gasteiger partial charge on any atom is -0.465 e. The molecule has 0 aromatic carbocycles. The summed E-state index contributed by atoms with van der Waals surface area (Å²) in [4.78, 5) is 13.0. The van der Waals surface area contributed by atoms with Crippen molar-refractivity contribution < 1.29 is 14.6 Å². The van der Waals surface area contributed by atoms with E-state index < -0.39 is 0 Å². The quantitative estimate of drug-likeness (QED) is 0.609. The maximum atomic E-state index is 11.1. The summed E-state index contributed by atoms with van der Waals surface area (Å²) in [6, 6.07) is 0.247. The molecular formula is C9H19NO3. The van der Waals surface area contributed by atoms with Crippen molar-refractivity contribution in [3.05, 3.63) is 0 Å². The van der Waals surface area contributed by atoms with Crippen molar-refractivity contribution in [2.75, 3.05) is 26.3 Å². The van der Waals surface area contributed by atoms with Gasteiger partial charge in [-0.1, -0.05) is 0 Å². The van der Waals surface area contributed by atoms with Crippen LogP contribution in [0.3, 0.4) is 0 Å². The Kier molecular flexibility index (Phi) is 6.54. The molecule has 0 saturated carbocycles. The Balaban J connectivity index is 3.86. The van der Waals surface area contributed by atoms with Crippen LogP contribution in [-0.2, 0) is 9.53 Å². The maximum absolute atomic E-state index is 11.1. The first-order valence-corrected chi connectivity index (χ1v) is 4.62. The number of hydrogen-bond donors (Lipinski definition) is 1. The van der Waals surface area contributed by atoms with Crippen LogP contribution < -0.4 is 0 Å². The van der Waals surface area contributed by atoms with Crippen LogP contribution in [-0.4, -0.2) is 48.3 Å². The fourth-order valence-electron chi connectivity index (χ4n) is 1.02. The Hall–Kier alpha value is -0.610. The number of nitrogens with zero attached hydrogens (tertiary/aromatic N) is 1. The van der Waals surface area contributed by atoms with Gasteiger partial charge in [-0.25, -0.2) is 0 Å². The Labute approximate surface area is 79.5 Å². The summed E-state index contributed by atoms with van der Waals surface area (Å²) in [6.07, 6.45) is 0. The van der Waals surface area contributed by atoms with Gasteiger partial charge in [-0.05, 0) is 20.8 Å². The maximum Gasteiger partial charge on any atom is 0.320 e. The van der Waals surface area contributed by atoms with Crippen molar-refractivity contribution in [1.29, 1.82) is 0 Å². The molecule has 0 aromatic rings. The second kappa shape index (κ2) is 6.86. The molecule has 0 aliphatic rings. The van der Waals surface area contributed by atoms with Gasteiger partial charge in [0.25, 0.3) is 0 Å². The van der Waals surface area contributed by atoms with Crippen LogP contribution in [0.15, 0.2) is 0 Å². The lowest BCUT2D eigenvalue weighted by Crippen LogP contribution is -2.38. The molecule has 0 amide bonds. The third-order valence-corrected chi connectivity index (χ3v) is 1.76. The number of hydrogen-bond acceptors (Lipinski definition) is 4. The summed E-state index contributed by atoms with van der Waals surface area (Å²) in [5, 5.41) is 8.73. The van der Waals surface area contributed by atoms with Crippen LogP contribution >= 0.6 is 0 Å². The predicted molar refractivity (Wildman–Crippen MR) is 50.4 cm³/mol. The molecule has 0 aliphatic carbocycles. The zero-order valence-corrected chi connectivity index (χ0v) is 8.62. The first kappa shape index (κ1) is 12.4. The third kappa shape index (κ3) is 5.60. The lowest BCUT2D eigenvalue weighted by molar-refractivity contribution is -0.145. The predicted octanol–water partition coefficient (Wildman–Crippen LogP) is 0.252. The molecule has 4 heteroatoms. The normalized spacial score (nSPS) is 10.9. The molecule has 0 unspecified atom stereocenters. The standard InChI is InChI=1S/C9H19NO3/c1-4-13-9(12)7-10(5-6-11)8(2)3/h8,11H,4-7H2,1-3H3. The molecular weight excluding hydrogens is 170 g/mol. The zero-order chi connectivity index (χ0) is 10.3. The lowest BCUT2D eigenvalue weighted by atomic mass is 10.3. The van der Waals surface area contributed by atoms with Crippen LogP contribution in [0, 0.1) is 0 Å². The highest BCUT2D eigenvalue weighted by Gasteiger charge is 2.13. The molecule has 0 aromatic heterocycles. The summed E-state index contributed by atoms with van der Waals surface area (Å²) in [5.41, 5.74) is 0. The Bertz CT molecular complexity index is 148. The average molecular weight is 189 g/mol. The smallest absolute Gasteiger partial charge is 0.320 e. The van der Waals surface area contributed by atoms with Gasteiger partial charge in [0.15, 0.2) is 0 Å². The van der Waals surface area contributed by atoms with E-state index in [1.165, 1.54) is 0 Å². The van der Waals surface area contributed by atoms with Crippen molar-refractivity contribution >= 4 is 5.97 Å². The molecule has 1 N–H and O–H groups in total. The van der Waals surface area contributed by atoms with Crippen molar-refractivity contribution in [2.45, 2.75) is 26.8 Å². The van der Waals surface area contributed by atoms with Gasteiger partial charge < -0.3 is 9.84 Å². The number of carbonyl (C=O) groups is 1. The van der Waals surface area contributed by atoms with Crippen LogP contribution in [0.5, 0.6) is 0 Å². The van der Waals surface area contributed by atoms with Crippen molar-refractivity contribution in [3.63, 3.8) is 0 Å². The monoisotopic (exact) mass is 189 g/mol. The topological polar surface area (TPSA) is 49.8 Å². The number of esters is 1. The molecule has 0 fully saturated rings. The number of ether oxygens (including phenoxy) is 1. The van der Waals surface area contributed by atoms with Gasteiger partial charge >= 0.3 is 5.97 Å². The van der Waals surface area contributed by atoms with E-state index in [0.29, 0.717) is 13.2 Å². The van der Waals surface area contributed by atoms with E-state index >= 15 is 0 Å². The molecule has 0 rings (SSSR count). The number of aliphatic hydroxyl groups is 1. The number of rotatable bonds is 6. The molecule has 0 saturated heterocycles. The fraction of sp³-hybridized carbons (Fsp3) is 0.889. The molecule has 13 heavy (non-hydrogen) atoms. The largest absolute Gasteiger partial charge is 0.465 e. The highest BCUT2D eigenvalue weighted by atomic mass is 16.5. The van der Waals surface area contributed by atoms with E-state index in [2.05, 4.69) is 0 Å². The summed E-state index contributed by atoms with van der Waals surface area (Å²) < 4.78 is 4.81. The first-order valence-electron chi connectivity index (χ1n) is 4.62. The minimum atomic E-state index is -0.232.